The molecule has 0 heterocycles. The molecule has 2 rings (SSSR count). The van der Waals surface area contributed by atoms with Gasteiger partial charge in [0.15, 0.2) is 0 Å². The molecule has 19 heavy (non-hydrogen) atoms. The van der Waals surface area contributed by atoms with Gasteiger partial charge in [-0.05, 0) is 24.3 Å². The number of nitrogens with zero attached hydrogens (tertiary/aromatic N) is 2. The van der Waals surface area contributed by atoms with Gasteiger partial charge in [0.2, 0.25) is 0 Å². The predicted molar refractivity (Wildman–Crippen MR) is 68.5 cm³/mol. The fraction of sp³-hybridized carbons (Fsp3) is 0. The number of aromatic hydroxyl groups is 1. The van der Waals surface area contributed by atoms with Crippen molar-refractivity contribution in [1.29, 1.82) is 0 Å². The molecule has 0 fully saturated rings. The third kappa shape index (κ3) is 3.36. The Labute approximate surface area is 109 Å². The Bertz CT molecular complexity index is 712. The largest absolute Gasteiger partial charge is 0.508 e. The molecule has 0 aliphatic heterocycles. The third-order valence-electron chi connectivity index (χ3n) is 2.25. The highest BCUT2D eigenvalue weighted by Crippen LogP contribution is 2.29. The summed E-state index contributed by atoms with van der Waals surface area (Å²) in [7, 11) is -4.47. The zero-order chi connectivity index (χ0) is 13.9. The van der Waals surface area contributed by atoms with Crippen LogP contribution in [0, 0.1) is 0 Å². The normalized spacial score (nSPS) is 11.8. The summed E-state index contributed by atoms with van der Waals surface area (Å²) >= 11 is 0. The Morgan fingerprint density at radius 1 is 0.947 bits per heavy atom. The second kappa shape index (κ2) is 5.17. The van der Waals surface area contributed by atoms with Crippen LogP contribution < -0.4 is 0 Å². The van der Waals surface area contributed by atoms with E-state index in [0.717, 1.165) is 6.07 Å². The lowest BCUT2D eigenvalue weighted by molar-refractivity contribution is 0.466. The average molecular weight is 278 g/mol. The number of phenolic OH excluding ortho intramolecular Hbond substituents is 1. The fourth-order valence-electron chi connectivity index (χ4n) is 1.40. The highest BCUT2D eigenvalue weighted by atomic mass is 32.2. The molecule has 0 aliphatic carbocycles. The molecule has 2 aromatic carbocycles. The van der Waals surface area contributed by atoms with Gasteiger partial charge in [-0.3, -0.25) is 4.55 Å². The smallest absolute Gasteiger partial charge is 0.296 e. The molecule has 0 aliphatic rings. The minimum Gasteiger partial charge on any atom is -0.508 e. The molecule has 0 atom stereocenters. The molecule has 0 aromatic heterocycles. The number of rotatable bonds is 3. The van der Waals surface area contributed by atoms with Crippen molar-refractivity contribution in [2.24, 2.45) is 10.2 Å². The Morgan fingerprint density at radius 2 is 1.63 bits per heavy atom. The lowest BCUT2D eigenvalue weighted by Crippen LogP contribution is -1.97. The van der Waals surface area contributed by atoms with Crippen molar-refractivity contribution in [3.63, 3.8) is 0 Å². The number of hydrogen-bond donors (Lipinski definition) is 2. The van der Waals surface area contributed by atoms with E-state index < -0.39 is 15.0 Å². The monoisotopic (exact) mass is 278 g/mol. The van der Waals surface area contributed by atoms with E-state index >= 15 is 0 Å². The van der Waals surface area contributed by atoms with Crippen molar-refractivity contribution in [3.05, 3.63) is 48.5 Å². The van der Waals surface area contributed by atoms with Crippen LogP contribution >= 0.6 is 0 Å². The molecule has 0 saturated heterocycles. The van der Waals surface area contributed by atoms with Crippen LogP contribution in [0.25, 0.3) is 0 Å². The van der Waals surface area contributed by atoms with E-state index in [2.05, 4.69) is 10.2 Å². The standard InChI is InChI=1S/C12H10N2O4S/c15-10-6-7-11(12(8-10)19(16,17)18)14-13-9-4-2-1-3-5-9/h1-8,15H,(H,16,17,18). The van der Waals surface area contributed by atoms with Crippen molar-refractivity contribution in [1.82, 2.24) is 0 Å². The number of hydrogen-bond acceptors (Lipinski definition) is 5. The van der Waals surface area contributed by atoms with E-state index in [1.807, 2.05) is 6.07 Å². The molecule has 2 N–H and O–H groups in total. The van der Waals surface area contributed by atoms with Gasteiger partial charge in [0.25, 0.3) is 10.1 Å². The first-order valence-electron chi connectivity index (χ1n) is 5.24. The van der Waals surface area contributed by atoms with E-state index in [-0.39, 0.29) is 11.4 Å². The summed E-state index contributed by atoms with van der Waals surface area (Å²) in [5, 5.41) is 16.8. The maximum Gasteiger partial charge on any atom is 0.296 e. The topological polar surface area (TPSA) is 99.3 Å². The predicted octanol–water partition coefficient (Wildman–Crippen LogP) is 3.05. The summed E-state index contributed by atoms with van der Waals surface area (Å²) in [4.78, 5) is -0.493. The van der Waals surface area contributed by atoms with E-state index in [4.69, 9.17) is 4.55 Å². The van der Waals surface area contributed by atoms with Gasteiger partial charge < -0.3 is 5.11 Å². The Morgan fingerprint density at radius 3 is 2.26 bits per heavy atom. The minimum absolute atomic E-state index is 0.0517. The van der Waals surface area contributed by atoms with Crippen molar-refractivity contribution < 1.29 is 18.1 Å². The summed E-state index contributed by atoms with van der Waals surface area (Å²) in [6, 6.07) is 12.1. The summed E-state index contributed by atoms with van der Waals surface area (Å²) in [5.74, 6) is -0.286. The molecule has 0 spiro atoms. The second-order valence-electron chi connectivity index (χ2n) is 3.66. The van der Waals surface area contributed by atoms with Crippen LogP contribution in [0.3, 0.4) is 0 Å². The SMILES string of the molecule is O=S(=O)(O)c1cc(O)ccc1N=Nc1ccccc1. The lowest BCUT2D eigenvalue weighted by Gasteiger charge is -2.02. The summed E-state index contributed by atoms with van der Waals surface area (Å²) in [6.45, 7) is 0. The summed E-state index contributed by atoms with van der Waals surface area (Å²) < 4.78 is 31.4. The number of phenols is 1. The van der Waals surface area contributed by atoms with Gasteiger partial charge in [-0.15, -0.1) is 5.11 Å². The molecule has 6 nitrogen and oxygen atoms in total. The Kier molecular flexibility index (Phi) is 3.59. The first kappa shape index (κ1) is 13.2. The van der Waals surface area contributed by atoms with Crippen LogP contribution in [0.15, 0.2) is 63.7 Å². The van der Waals surface area contributed by atoms with Gasteiger partial charge >= 0.3 is 0 Å². The molecular weight excluding hydrogens is 268 g/mol. The third-order valence-corrected chi connectivity index (χ3v) is 3.13. The first-order chi connectivity index (χ1) is 8.97. The van der Waals surface area contributed by atoms with E-state index in [0.29, 0.717) is 5.69 Å². The van der Waals surface area contributed by atoms with Crippen molar-refractivity contribution >= 4 is 21.5 Å². The van der Waals surface area contributed by atoms with Gasteiger partial charge in [0.1, 0.15) is 16.3 Å². The van der Waals surface area contributed by atoms with Crippen LogP contribution in [0.5, 0.6) is 5.75 Å². The van der Waals surface area contributed by atoms with Crippen LogP contribution in [-0.2, 0) is 10.1 Å². The van der Waals surface area contributed by atoms with Crippen molar-refractivity contribution in [2.45, 2.75) is 4.90 Å². The van der Waals surface area contributed by atoms with Gasteiger partial charge in [-0.25, -0.2) is 0 Å². The van der Waals surface area contributed by atoms with Crippen molar-refractivity contribution in [2.75, 3.05) is 0 Å². The van der Waals surface area contributed by atoms with Crippen LogP contribution in [0.1, 0.15) is 0 Å². The molecule has 0 radical (unpaired) electrons. The van der Waals surface area contributed by atoms with Gasteiger partial charge in [-0.2, -0.15) is 13.5 Å². The second-order valence-corrected chi connectivity index (χ2v) is 5.05. The fourth-order valence-corrected chi connectivity index (χ4v) is 2.04. The van der Waals surface area contributed by atoms with E-state index in [9.17, 15) is 13.5 Å². The quantitative estimate of drug-likeness (QED) is 0.665. The zero-order valence-electron chi connectivity index (χ0n) is 9.63. The summed E-state index contributed by atoms with van der Waals surface area (Å²) in [5.41, 5.74) is 0.487. The summed E-state index contributed by atoms with van der Waals surface area (Å²) in [6.07, 6.45) is 0. The number of azo groups is 1. The van der Waals surface area contributed by atoms with Crippen molar-refractivity contribution in [3.8, 4) is 5.75 Å². The highest BCUT2D eigenvalue weighted by Gasteiger charge is 2.16. The molecule has 0 unspecified atom stereocenters. The Balaban J connectivity index is 2.44. The molecule has 7 heteroatoms. The van der Waals surface area contributed by atoms with Crippen LogP contribution in [-0.4, -0.2) is 18.1 Å². The molecule has 2 aromatic rings. The average Bonchev–Trinajstić information content (AvgIpc) is 2.37. The first-order valence-corrected chi connectivity index (χ1v) is 6.68. The molecule has 0 saturated carbocycles. The zero-order valence-corrected chi connectivity index (χ0v) is 10.4. The van der Waals surface area contributed by atoms with Gasteiger partial charge in [-0.1, -0.05) is 18.2 Å². The molecular formula is C12H10N2O4S. The van der Waals surface area contributed by atoms with E-state index in [1.54, 1.807) is 24.3 Å². The Hall–Kier alpha value is -2.25. The van der Waals surface area contributed by atoms with Crippen LogP contribution in [0.4, 0.5) is 11.4 Å². The van der Waals surface area contributed by atoms with E-state index in [1.165, 1.54) is 12.1 Å². The van der Waals surface area contributed by atoms with Gasteiger partial charge in [0.05, 0.1) is 5.69 Å². The minimum atomic E-state index is -4.47. The van der Waals surface area contributed by atoms with Crippen LogP contribution in [0.2, 0.25) is 0 Å². The molecule has 0 bridgehead atoms. The number of benzene rings is 2. The lowest BCUT2D eigenvalue weighted by atomic mass is 10.3. The molecule has 0 amide bonds. The maximum absolute atomic E-state index is 11.2. The highest BCUT2D eigenvalue weighted by molar-refractivity contribution is 7.86. The van der Waals surface area contributed by atoms with Gasteiger partial charge in [0, 0.05) is 6.07 Å². The molecule has 98 valence electrons. The maximum atomic E-state index is 11.2.